The van der Waals surface area contributed by atoms with Gasteiger partial charge in [0.15, 0.2) is 0 Å². The van der Waals surface area contributed by atoms with Crippen molar-refractivity contribution < 1.29 is 22.7 Å². The lowest BCUT2D eigenvalue weighted by Gasteiger charge is -2.10. The summed E-state index contributed by atoms with van der Waals surface area (Å²) in [6.07, 6.45) is -5.67. The van der Waals surface area contributed by atoms with Gasteiger partial charge in [0.2, 0.25) is 5.78 Å². The van der Waals surface area contributed by atoms with Gasteiger partial charge in [0.05, 0.1) is 7.11 Å². The molecule has 0 amide bonds. The van der Waals surface area contributed by atoms with Crippen molar-refractivity contribution in [2.24, 2.45) is 0 Å². The van der Waals surface area contributed by atoms with Gasteiger partial charge in [0.1, 0.15) is 5.75 Å². The second-order valence-electron chi connectivity index (χ2n) is 3.02. The van der Waals surface area contributed by atoms with E-state index in [9.17, 15) is 18.0 Å². The largest absolute Gasteiger partial charge is 0.496 e. The van der Waals surface area contributed by atoms with Crippen LogP contribution in [0.1, 0.15) is 5.56 Å². The molecule has 0 saturated carbocycles. The van der Waals surface area contributed by atoms with Gasteiger partial charge in [0.25, 0.3) is 0 Å². The SMILES string of the molecule is COc1cccc(Cl)c1CC(=O)C(F)(F)F. The maximum atomic E-state index is 12.1. The van der Waals surface area contributed by atoms with Crippen LogP contribution in [0.15, 0.2) is 18.2 Å². The van der Waals surface area contributed by atoms with Gasteiger partial charge < -0.3 is 4.74 Å². The van der Waals surface area contributed by atoms with E-state index in [2.05, 4.69) is 0 Å². The lowest BCUT2D eigenvalue weighted by atomic mass is 10.1. The Labute approximate surface area is 95.0 Å². The highest BCUT2D eigenvalue weighted by Crippen LogP contribution is 2.29. The first-order chi connectivity index (χ1) is 7.36. The maximum absolute atomic E-state index is 12.1. The Hall–Kier alpha value is -1.23. The van der Waals surface area contributed by atoms with E-state index in [4.69, 9.17) is 16.3 Å². The fraction of sp³-hybridized carbons (Fsp3) is 0.300. The van der Waals surface area contributed by atoms with E-state index < -0.39 is 18.4 Å². The molecule has 0 aliphatic heterocycles. The van der Waals surface area contributed by atoms with Crippen LogP contribution in [0.5, 0.6) is 5.75 Å². The number of methoxy groups -OCH3 is 1. The molecule has 0 saturated heterocycles. The molecule has 0 unspecified atom stereocenters. The summed E-state index contributed by atoms with van der Waals surface area (Å²) in [6.45, 7) is 0. The minimum atomic E-state index is -4.86. The topological polar surface area (TPSA) is 26.3 Å². The molecule has 0 bridgehead atoms. The summed E-state index contributed by atoms with van der Waals surface area (Å²) in [7, 11) is 1.30. The molecule has 0 fully saturated rings. The zero-order valence-corrected chi connectivity index (χ0v) is 9.02. The number of benzene rings is 1. The van der Waals surface area contributed by atoms with Crippen LogP contribution < -0.4 is 4.74 Å². The lowest BCUT2D eigenvalue weighted by Crippen LogP contribution is -2.24. The first-order valence-electron chi connectivity index (χ1n) is 4.27. The predicted molar refractivity (Wildman–Crippen MR) is 52.8 cm³/mol. The monoisotopic (exact) mass is 252 g/mol. The number of halogens is 4. The van der Waals surface area contributed by atoms with Gasteiger partial charge >= 0.3 is 6.18 Å². The number of alkyl halides is 3. The van der Waals surface area contributed by atoms with Crippen molar-refractivity contribution in [1.82, 2.24) is 0 Å². The predicted octanol–water partition coefficient (Wildman–Crippen LogP) is 3.02. The van der Waals surface area contributed by atoms with Crippen LogP contribution in [0.2, 0.25) is 5.02 Å². The zero-order valence-electron chi connectivity index (χ0n) is 8.27. The highest BCUT2D eigenvalue weighted by atomic mass is 35.5. The van der Waals surface area contributed by atoms with E-state index in [1.165, 1.54) is 25.3 Å². The molecule has 1 aromatic rings. The normalized spacial score (nSPS) is 11.3. The van der Waals surface area contributed by atoms with Crippen LogP contribution in [-0.4, -0.2) is 19.1 Å². The quantitative estimate of drug-likeness (QED) is 0.827. The van der Waals surface area contributed by atoms with Crippen LogP contribution in [0.4, 0.5) is 13.2 Å². The van der Waals surface area contributed by atoms with Crippen molar-refractivity contribution in [3.8, 4) is 5.75 Å². The van der Waals surface area contributed by atoms with Gasteiger partial charge in [-0.15, -0.1) is 0 Å². The standard InChI is InChI=1S/C10H8ClF3O2/c1-16-8-4-2-3-7(11)6(8)5-9(15)10(12,13)14/h2-4H,5H2,1H3. The third kappa shape index (κ3) is 2.88. The molecule has 0 N–H and O–H groups in total. The van der Waals surface area contributed by atoms with Crippen LogP contribution >= 0.6 is 11.6 Å². The van der Waals surface area contributed by atoms with Gasteiger partial charge in [-0.2, -0.15) is 13.2 Å². The van der Waals surface area contributed by atoms with Gasteiger partial charge in [-0.3, -0.25) is 4.79 Å². The molecule has 0 spiro atoms. The van der Waals surface area contributed by atoms with Gasteiger partial charge in [-0.1, -0.05) is 17.7 Å². The molecule has 1 rings (SSSR count). The van der Waals surface area contributed by atoms with E-state index in [1.807, 2.05) is 0 Å². The Kier molecular flexibility index (Phi) is 3.80. The summed E-state index contributed by atoms with van der Waals surface area (Å²) in [5.74, 6) is -1.68. The molecule has 16 heavy (non-hydrogen) atoms. The Morgan fingerprint density at radius 3 is 2.56 bits per heavy atom. The van der Waals surface area contributed by atoms with E-state index in [0.29, 0.717) is 0 Å². The molecule has 0 aliphatic rings. The van der Waals surface area contributed by atoms with Gasteiger partial charge in [0, 0.05) is 17.0 Å². The lowest BCUT2D eigenvalue weighted by molar-refractivity contribution is -0.170. The van der Waals surface area contributed by atoms with Crippen molar-refractivity contribution in [3.63, 3.8) is 0 Å². The number of ketones is 1. The number of Topliss-reactive ketones (excluding diaryl/α,β-unsaturated/α-hetero) is 1. The molecule has 88 valence electrons. The number of hydrogen-bond acceptors (Lipinski definition) is 2. The van der Waals surface area contributed by atoms with Crippen LogP contribution in [0.25, 0.3) is 0 Å². The Morgan fingerprint density at radius 1 is 1.44 bits per heavy atom. The van der Waals surface area contributed by atoms with Crippen molar-refractivity contribution in [1.29, 1.82) is 0 Å². The van der Waals surface area contributed by atoms with Gasteiger partial charge in [-0.25, -0.2) is 0 Å². The maximum Gasteiger partial charge on any atom is 0.450 e. The molecule has 0 aromatic heterocycles. The molecular formula is C10H8ClF3O2. The average Bonchev–Trinajstić information content (AvgIpc) is 2.19. The summed E-state index contributed by atoms with van der Waals surface area (Å²) >= 11 is 5.70. The molecule has 0 aliphatic carbocycles. The van der Waals surface area contributed by atoms with Crippen molar-refractivity contribution >= 4 is 17.4 Å². The van der Waals surface area contributed by atoms with Crippen molar-refractivity contribution in [2.75, 3.05) is 7.11 Å². The Morgan fingerprint density at radius 2 is 2.06 bits per heavy atom. The summed E-state index contributed by atoms with van der Waals surface area (Å²) in [5, 5.41) is 0.0805. The number of carbonyl (C=O) groups is 1. The van der Waals surface area contributed by atoms with Crippen molar-refractivity contribution in [2.45, 2.75) is 12.6 Å². The number of ether oxygens (including phenoxy) is 1. The number of carbonyl (C=O) groups excluding carboxylic acids is 1. The molecular weight excluding hydrogens is 245 g/mol. The fourth-order valence-corrected chi connectivity index (χ4v) is 1.40. The molecule has 6 heteroatoms. The minimum Gasteiger partial charge on any atom is -0.496 e. The molecule has 0 heterocycles. The molecule has 2 nitrogen and oxygen atoms in total. The summed E-state index contributed by atoms with van der Waals surface area (Å²) in [4.78, 5) is 10.8. The fourth-order valence-electron chi connectivity index (χ4n) is 1.16. The Balaban J connectivity index is 3.01. The zero-order chi connectivity index (χ0) is 12.3. The minimum absolute atomic E-state index is 0.0500. The van der Waals surface area contributed by atoms with Crippen LogP contribution in [-0.2, 0) is 11.2 Å². The highest BCUT2D eigenvalue weighted by molar-refractivity contribution is 6.31. The number of rotatable bonds is 3. The second-order valence-corrected chi connectivity index (χ2v) is 3.43. The van der Waals surface area contributed by atoms with E-state index in [0.717, 1.165) is 0 Å². The summed E-state index contributed by atoms with van der Waals surface area (Å²) < 4.78 is 41.0. The number of hydrogen-bond donors (Lipinski definition) is 0. The van der Waals surface area contributed by atoms with Crippen molar-refractivity contribution in [3.05, 3.63) is 28.8 Å². The van der Waals surface area contributed by atoms with E-state index >= 15 is 0 Å². The molecule has 1 aromatic carbocycles. The van der Waals surface area contributed by atoms with E-state index in [1.54, 1.807) is 0 Å². The van der Waals surface area contributed by atoms with Crippen LogP contribution in [0.3, 0.4) is 0 Å². The van der Waals surface area contributed by atoms with Crippen LogP contribution in [0, 0.1) is 0 Å². The highest BCUT2D eigenvalue weighted by Gasteiger charge is 2.38. The van der Waals surface area contributed by atoms with E-state index in [-0.39, 0.29) is 16.3 Å². The third-order valence-corrected chi connectivity index (χ3v) is 2.30. The second kappa shape index (κ2) is 4.74. The summed E-state index contributed by atoms with van der Waals surface area (Å²) in [6, 6.07) is 4.39. The first-order valence-corrected chi connectivity index (χ1v) is 4.65. The molecule has 0 atom stereocenters. The molecule has 0 radical (unpaired) electrons. The smallest absolute Gasteiger partial charge is 0.450 e. The third-order valence-electron chi connectivity index (χ3n) is 1.95. The first kappa shape index (κ1) is 12.8. The van der Waals surface area contributed by atoms with Gasteiger partial charge in [-0.05, 0) is 12.1 Å². The average molecular weight is 253 g/mol. The Bertz CT molecular complexity index is 402. The summed E-state index contributed by atoms with van der Waals surface area (Å²) in [5.41, 5.74) is 0.0500.